The maximum absolute atomic E-state index is 13.0. The van der Waals surface area contributed by atoms with Crippen LogP contribution in [0.5, 0.6) is 0 Å². The second kappa shape index (κ2) is 6.07. The lowest BCUT2D eigenvalue weighted by molar-refractivity contribution is 0.583. The molecule has 0 atom stereocenters. The summed E-state index contributed by atoms with van der Waals surface area (Å²) in [5.74, 6) is -0.269. The molecule has 4 nitrogen and oxygen atoms in total. The standard InChI is InChI=1S/C17H16FN3O/c18-13-7-5-12(6-8-13)11-16-14-3-1-2-4-15(14)17(22)21(20-16)10-9-19/h1-8H,9-11,19H2. The Bertz CT molecular complexity index is 856. The Kier molecular flexibility index (Phi) is 3.98. The van der Waals surface area contributed by atoms with Crippen molar-refractivity contribution in [1.29, 1.82) is 0 Å². The van der Waals surface area contributed by atoms with Crippen molar-refractivity contribution in [2.45, 2.75) is 13.0 Å². The van der Waals surface area contributed by atoms with Crippen LogP contribution in [-0.2, 0) is 13.0 Å². The molecule has 0 aliphatic carbocycles. The van der Waals surface area contributed by atoms with Gasteiger partial charge in [-0.15, -0.1) is 0 Å². The molecule has 3 aromatic rings. The number of hydrogen-bond acceptors (Lipinski definition) is 3. The van der Waals surface area contributed by atoms with Crippen molar-refractivity contribution in [2.24, 2.45) is 5.73 Å². The summed E-state index contributed by atoms with van der Waals surface area (Å²) in [5, 5.41) is 5.89. The molecule has 2 N–H and O–H groups in total. The van der Waals surface area contributed by atoms with E-state index in [1.165, 1.54) is 16.8 Å². The van der Waals surface area contributed by atoms with Gasteiger partial charge in [-0.2, -0.15) is 5.10 Å². The highest BCUT2D eigenvalue weighted by Crippen LogP contribution is 2.17. The van der Waals surface area contributed by atoms with Crippen LogP contribution < -0.4 is 11.3 Å². The third-order valence-corrected chi connectivity index (χ3v) is 3.57. The van der Waals surface area contributed by atoms with Crippen molar-refractivity contribution >= 4 is 10.8 Å². The van der Waals surface area contributed by atoms with E-state index in [4.69, 9.17) is 5.73 Å². The molecule has 0 spiro atoms. The Morgan fingerprint density at radius 1 is 1.05 bits per heavy atom. The molecule has 0 amide bonds. The van der Waals surface area contributed by atoms with Gasteiger partial charge in [-0.3, -0.25) is 4.79 Å². The van der Waals surface area contributed by atoms with Crippen LogP contribution in [0.1, 0.15) is 11.3 Å². The first-order valence-corrected chi connectivity index (χ1v) is 7.12. The minimum atomic E-state index is -0.269. The number of aromatic nitrogens is 2. The maximum Gasteiger partial charge on any atom is 0.274 e. The predicted octanol–water partition coefficient (Wildman–Crippen LogP) is 2.09. The molecule has 0 aliphatic rings. The zero-order chi connectivity index (χ0) is 15.5. The number of benzene rings is 2. The van der Waals surface area contributed by atoms with Gasteiger partial charge in [0.2, 0.25) is 0 Å². The van der Waals surface area contributed by atoms with E-state index >= 15 is 0 Å². The van der Waals surface area contributed by atoms with E-state index in [-0.39, 0.29) is 11.4 Å². The van der Waals surface area contributed by atoms with Gasteiger partial charge in [0.15, 0.2) is 0 Å². The molecule has 1 heterocycles. The van der Waals surface area contributed by atoms with Crippen LogP contribution in [0.15, 0.2) is 53.3 Å². The van der Waals surface area contributed by atoms with Crippen LogP contribution in [0.4, 0.5) is 4.39 Å². The van der Waals surface area contributed by atoms with Gasteiger partial charge >= 0.3 is 0 Å². The Morgan fingerprint density at radius 3 is 2.41 bits per heavy atom. The summed E-state index contributed by atoms with van der Waals surface area (Å²) in [5.41, 5.74) is 7.15. The Balaban J connectivity index is 2.13. The molecule has 0 fully saturated rings. The molecule has 1 aromatic heterocycles. The minimum absolute atomic E-state index is 0.135. The lowest BCUT2D eigenvalue weighted by Gasteiger charge is -2.10. The van der Waals surface area contributed by atoms with Gasteiger partial charge in [0, 0.05) is 18.4 Å². The summed E-state index contributed by atoms with van der Waals surface area (Å²) in [6.45, 7) is 0.724. The van der Waals surface area contributed by atoms with Gasteiger partial charge in [-0.25, -0.2) is 9.07 Å². The van der Waals surface area contributed by atoms with Gasteiger partial charge in [0.25, 0.3) is 5.56 Å². The highest BCUT2D eigenvalue weighted by atomic mass is 19.1. The number of hydrogen-bond donors (Lipinski definition) is 1. The fourth-order valence-corrected chi connectivity index (χ4v) is 2.51. The molecule has 0 aliphatic heterocycles. The number of nitrogens with two attached hydrogens (primary N) is 1. The normalized spacial score (nSPS) is 11.0. The van der Waals surface area contributed by atoms with E-state index in [0.29, 0.717) is 24.9 Å². The number of nitrogens with zero attached hydrogens (tertiary/aromatic N) is 2. The van der Waals surface area contributed by atoms with Crippen LogP contribution in [0.3, 0.4) is 0 Å². The SMILES string of the molecule is NCCn1nc(Cc2ccc(F)cc2)c2ccccc2c1=O. The highest BCUT2D eigenvalue weighted by Gasteiger charge is 2.10. The Labute approximate surface area is 127 Å². The molecular weight excluding hydrogens is 281 g/mol. The first-order valence-electron chi connectivity index (χ1n) is 7.12. The second-order valence-electron chi connectivity index (χ2n) is 5.11. The predicted molar refractivity (Wildman–Crippen MR) is 84.3 cm³/mol. The molecule has 0 bridgehead atoms. The van der Waals surface area contributed by atoms with Crippen molar-refractivity contribution in [3.8, 4) is 0 Å². The summed E-state index contributed by atoms with van der Waals surface area (Å²) in [6, 6.07) is 13.7. The van der Waals surface area contributed by atoms with Crippen molar-refractivity contribution in [3.05, 3.63) is 76.0 Å². The maximum atomic E-state index is 13.0. The Hall–Kier alpha value is -2.53. The van der Waals surface area contributed by atoms with Crippen LogP contribution >= 0.6 is 0 Å². The summed E-state index contributed by atoms with van der Waals surface area (Å²) in [7, 11) is 0. The summed E-state index contributed by atoms with van der Waals surface area (Å²) in [6.07, 6.45) is 0.533. The molecule has 5 heteroatoms. The molecule has 3 rings (SSSR count). The first-order chi connectivity index (χ1) is 10.7. The fourth-order valence-electron chi connectivity index (χ4n) is 2.51. The lowest BCUT2D eigenvalue weighted by Crippen LogP contribution is -2.27. The topological polar surface area (TPSA) is 60.9 Å². The molecule has 22 heavy (non-hydrogen) atoms. The fraction of sp³-hybridized carbons (Fsp3) is 0.176. The van der Waals surface area contributed by atoms with Crippen molar-refractivity contribution in [3.63, 3.8) is 0 Å². The monoisotopic (exact) mass is 297 g/mol. The quantitative estimate of drug-likeness (QED) is 0.802. The average Bonchev–Trinajstić information content (AvgIpc) is 2.54. The minimum Gasteiger partial charge on any atom is -0.329 e. The molecule has 2 aromatic carbocycles. The summed E-state index contributed by atoms with van der Waals surface area (Å²) >= 11 is 0. The zero-order valence-corrected chi connectivity index (χ0v) is 12.0. The summed E-state index contributed by atoms with van der Waals surface area (Å²) in [4.78, 5) is 12.4. The molecule has 0 saturated carbocycles. The van der Waals surface area contributed by atoms with Gasteiger partial charge in [-0.1, -0.05) is 30.3 Å². The third kappa shape index (κ3) is 2.76. The van der Waals surface area contributed by atoms with E-state index in [2.05, 4.69) is 5.10 Å². The van der Waals surface area contributed by atoms with Crippen LogP contribution in [0.2, 0.25) is 0 Å². The highest BCUT2D eigenvalue weighted by molar-refractivity contribution is 5.83. The second-order valence-corrected chi connectivity index (χ2v) is 5.11. The number of fused-ring (bicyclic) bond motifs is 1. The number of rotatable bonds is 4. The first kappa shape index (κ1) is 14.4. The van der Waals surface area contributed by atoms with E-state index in [9.17, 15) is 9.18 Å². The van der Waals surface area contributed by atoms with E-state index in [0.717, 1.165) is 16.6 Å². The molecule has 0 unspecified atom stereocenters. The van der Waals surface area contributed by atoms with Crippen molar-refractivity contribution in [2.75, 3.05) is 6.54 Å². The smallest absolute Gasteiger partial charge is 0.274 e. The third-order valence-electron chi connectivity index (χ3n) is 3.57. The largest absolute Gasteiger partial charge is 0.329 e. The van der Waals surface area contributed by atoms with E-state index in [1.807, 2.05) is 18.2 Å². The summed E-state index contributed by atoms with van der Waals surface area (Å²) < 4.78 is 14.4. The van der Waals surface area contributed by atoms with Crippen molar-refractivity contribution in [1.82, 2.24) is 9.78 Å². The van der Waals surface area contributed by atoms with Crippen LogP contribution in [0, 0.1) is 5.82 Å². The molecular formula is C17H16FN3O. The molecule has 0 saturated heterocycles. The number of halogens is 1. The zero-order valence-electron chi connectivity index (χ0n) is 12.0. The van der Waals surface area contributed by atoms with E-state index < -0.39 is 0 Å². The average molecular weight is 297 g/mol. The lowest BCUT2D eigenvalue weighted by atomic mass is 10.0. The molecule has 0 radical (unpaired) electrons. The van der Waals surface area contributed by atoms with Gasteiger partial charge < -0.3 is 5.73 Å². The van der Waals surface area contributed by atoms with Gasteiger partial charge in [-0.05, 0) is 23.8 Å². The van der Waals surface area contributed by atoms with Crippen molar-refractivity contribution < 1.29 is 4.39 Å². The van der Waals surface area contributed by atoms with Gasteiger partial charge in [0.1, 0.15) is 5.82 Å². The van der Waals surface area contributed by atoms with Crippen LogP contribution in [-0.4, -0.2) is 16.3 Å². The van der Waals surface area contributed by atoms with Gasteiger partial charge in [0.05, 0.1) is 17.6 Å². The molecule has 112 valence electrons. The van der Waals surface area contributed by atoms with E-state index in [1.54, 1.807) is 18.2 Å². The van der Waals surface area contributed by atoms with Crippen LogP contribution in [0.25, 0.3) is 10.8 Å². The Morgan fingerprint density at radius 2 is 1.73 bits per heavy atom.